The number of hydrogen-bond donors (Lipinski definition) is 1. The maximum atomic E-state index is 13.3. The molecule has 1 aromatic rings. The Balaban J connectivity index is 2.94. The third kappa shape index (κ3) is 3.39. The highest BCUT2D eigenvalue weighted by atomic mass is 35.5. The summed E-state index contributed by atoms with van der Waals surface area (Å²) >= 11 is 5.76. The van der Waals surface area contributed by atoms with E-state index in [1.165, 1.54) is 0 Å². The number of benzene rings is 1. The van der Waals surface area contributed by atoms with Crippen molar-refractivity contribution in [3.63, 3.8) is 0 Å². The van der Waals surface area contributed by atoms with E-state index >= 15 is 0 Å². The van der Waals surface area contributed by atoms with Gasteiger partial charge in [-0.25, -0.2) is 22.0 Å². The summed E-state index contributed by atoms with van der Waals surface area (Å²) in [5.74, 6) is -12.3. The molecule has 1 unspecified atom stereocenters. The van der Waals surface area contributed by atoms with Crippen LogP contribution in [0, 0.1) is 29.1 Å². The highest BCUT2D eigenvalue weighted by molar-refractivity contribution is 6.20. The van der Waals surface area contributed by atoms with Crippen LogP contribution in [-0.4, -0.2) is 17.8 Å². The number of carbonyl (C=O) groups is 1. The van der Waals surface area contributed by atoms with E-state index < -0.39 is 40.6 Å². The van der Waals surface area contributed by atoms with E-state index in [-0.39, 0.29) is 11.9 Å². The monoisotopic (exact) mass is 315 g/mol. The van der Waals surface area contributed by atoms with Gasteiger partial charge in [-0.05, 0) is 12.8 Å². The molecule has 8 heteroatoms. The fraction of sp³-hybridized carbons (Fsp3) is 0.417. The van der Waals surface area contributed by atoms with Crippen LogP contribution >= 0.6 is 11.6 Å². The number of halogens is 6. The lowest BCUT2D eigenvalue weighted by atomic mass is 10.1. The van der Waals surface area contributed by atoms with Crippen molar-refractivity contribution in [2.24, 2.45) is 0 Å². The molecule has 0 aliphatic rings. The number of amides is 1. The average molecular weight is 316 g/mol. The summed E-state index contributed by atoms with van der Waals surface area (Å²) in [5.41, 5.74) is -1.50. The predicted octanol–water partition coefficient (Wildman–Crippen LogP) is 3.52. The molecule has 1 atom stereocenters. The third-order valence-electron chi connectivity index (χ3n) is 2.62. The molecule has 0 saturated carbocycles. The molecule has 0 bridgehead atoms. The molecule has 0 aromatic heterocycles. The first-order valence-electron chi connectivity index (χ1n) is 5.74. The van der Waals surface area contributed by atoms with Crippen LogP contribution in [0.15, 0.2) is 0 Å². The van der Waals surface area contributed by atoms with Gasteiger partial charge in [0, 0.05) is 11.9 Å². The van der Waals surface area contributed by atoms with Crippen LogP contribution < -0.4 is 5.32 Å². The minimum atomic E-state index is -2.30. The molecule has 0 saturated heterocycles. The SMILES string of the molecule is CCC(Cl)CCNC(=O)c1c(F)c(F)c(F)c(F)c1F. The van der Waals surface area contributed by atoms with E-state index in [1.54, 1.807) is 6.92 Å². The predicted molar refractivity (Wildman–Crippen MR) is 63.1 cm³/mol. The van der Waals surface area contributed by atoms with E-state index in [0.29, 0.717) is 12.8 Å². The lowest BCUT2D eigenvalue weighted by molar-refractivity contribution is 0.0941. The maximum Gasteiger partial charge on any atom is 0.257 e. The fourth-order valence-corrected chi connectivity index (χ4v) is 1.55. The standard InChI is InChI=1S/C12H11ClF5NO/c1-2-5(13)3-4-19-12(20)6-7(14)9(16)11(18)10(17)8(6)15/h5H,2-4H2,1H3,(H,19,20). The van der Waals surface area contributed by atoms with Gasteiger partial charge < -0.3 is 5.32 Å². The first-order valence-corrected chi connectivity index (χ1v) is 6.18. The first-order chi connectivity index (χ1) is 9.31. The van der Waals surface area contributed by atoms with Gasteiger partial charge >= 0.3 is 0 Å². The number of nitrogens with one attached hydrogen (secondary N) is 1. The van der Waals surface area contributed by atoms with Gasteiger partial charge in [0.25, 0.3) is 5.91 Å². The van der Waals surface area contributed by atoms with E-state index in [9.17, 15) is 26.7 Å². The Morgan fingerprint density at radius 2 is 1.50 bits per heavy atom. The maximum absolute atomic E-state index is 13.3. The van der Waals surface area contributed by atoms with Crippen LogP contribution in [0.1, 0.15) is 30.1 Å². The molecular weight excluding hydrogens is 305 g/mol. The van der Waals surface area contributed by atoms with Gasteiger partial charge in [0.1, 0.15) is 5.56 Å². The second-order valence-corrected chi connectivity index (χ2v) is 4.61. The van der Waals surface area contributed by atoms with Crippen LogP contribution in [0.25, 0.3) is 0 Å². The molecule has 1 rings (SSSR count). The molecule has 0 aliphatic heterocycles. The molecule has 1 aromatic carbocycles. The summed E-state index contributed by atoms with van der Waals surface area (Å²) in [6.07, 6.45) is 0.916. The van der Waals surface area contributed by atoms with E-state index in [1.807, 2.05) is 0 Å². The van der Waals surface area contributed by atoms with Gasteiger partial charge in [-0.2, -0.15) is 0 Å². The van der Waals surface area contributed by atoms with Crippen molar-refractivity contribution in [2.75, 3.05) is 6.54 Å². The molecular formula is C12H11ClF5NO. The molecule has 1 amide bonds. The summed E-state index contributed by atoms with van der Waals surface area (Å²) in [6.45, 7) is 1.75. The van der Waals surface area contributed by atoms with Crippen molar-refractivity contribution in [3.8, 4) is 0 Å². The molecule has 0 radical (unpaired) electrons. The van der Waals surface area contributed by atoms with Gasteiger partial charge in [-0.1, -0.05) is 6.92 Å². The second kappa shape index (κ2) is 6.88. The van der Waals surface area contributed by atoms with Gasteiger partial charge in [0.05, 0.1) is 0 Å². The Kier molecular flexibility index (Phi) is 5.74. The zero-order valence-corrected chi connectivity index (χ0v) is 11.1. The van der Waals surface area contributed by atoms with Crippen LogP contribution in [0.2, 0.25) is 0 Å². The normalized spacial score (nSPS) is 12.3. The summed E-state index contributed by atoms with van der Waals surface area (Å²) in [4.78, 5) is 11.5. The van der Waals surface area contributed by atoms with Crippen LogP contribution in [0.3, 0.4) is 0 Å². The summed E-state index contributed by atoms with van der Waals surface area (Å²) < 4.78 is 65.2. The van der Waals surface area contributed by atoms with Crippen molar-refractivity contribution in [2.45, 2.75) is 25.1 Å². The summed E-state index contributed by atoms with van der Waals surface area (Å²) in [6, 6.07) is 0. The van der Waals surface area contributed by atoms with E-state index in [2.05, 4.69) is 5.32 Å². The number of hydrogen-bond acceptors (Lipinski definition) is 1. The first kappa shape index (κ1) is 16.7. The molecule has 1 N–H and O–H groups in total. The summed E-state index contributed by atoms with van der Waals surface area (Å²) in [5, 5.41) is 1.80. The van der Waals surface area contributed by atoms with Crippen LogP contribution in [-0.2, 0) is 0 Å². The van der Waals surface area contributed by atoms with Gasteiger partial charge in [-0.15, -0.1) is 11.6 Å². The molecule has 0 heterocycles. The molecule has 0 fully saturated rings. The van der Waals surface area contributed by atoms with Crippen LogP contribution in [0.5, 0.6) is 0 Å². The van der Waals surface area contributed by atoms with Crippen LogP contribution in [0.4, 0.5) is 22.0 Å². The lowest BCUT2D eigenvalue weighted by Crippen LogP contribution is -2.29. The Morgan fingerprint density at radius 3 is 1.95 bits per heavy atom. The smallest absolute Gasteiger partial charge is 0.257 e. The fourth-order valence-electron chi connectivity index (χ4n) is 1.44. The highest BCUT2D eigenvalue weighted by Gasteiger charge is 2.29. The van der Waals surface area contributed by atoms with Crippen molar-refractivity contribution in [3.05, 3.63) is 34.6 Å². The number of rotatable bonds is 5. The lowest BCUT2D eigenvalue weighted by Gasteiger charge is -2.10. The quantitative estimate of drug-likeness (QED) is 0.383. The van der Waals surface area contributed by atoms with Crippen molar-refractivity contribution < 1.29 is 26.7 Å². The average Bonchev–Trinajstić information content (AvgIpc) is 2.43. The number of alkyl halides is 1. The van der Waals surface area contributed by atoms with Gasteiger partial charge in [-0.3, -0.25) is 4.79 Å². The van der Waals surface area contributed by atoms with Crippen molar-refractivity contribution >= 4 is 17.5 Å². The third-order valence-corrected chi connectivity index (χ3v) is 3.15. The summed E-state index contributed by atoms with van der Waals surface area (Å²) in [7, 11) is 0. The van der Waals surface area contributed by atoms with Gasteiger partial charge in [0.15, 0.2) is 23.3 Å². The van der Waals surface area contributed by atoms with E-state index in [0.717, 1.165) is 0 Å². The Bertz CT molecular complexity index is 494. The van der Waals surface area contributed by atoms with Gasteiger partial charge in [0.2, 0.25) is 5.82 Å². The topological polar surface area (TPSA) is 29.1 Å². The van der Waals surface area contributed by atoms with Crippen molar-refractivity contribution in [1.82, 2.24) is 5.32 Å². The largest absolute Gasteiger partial charge is 0.352 e. The zero-order chi connectivity index (χ0) is 15.4. The molecule has 0 aliphatic carbocycles. The highest BCUT2D eigenvalue weighted by Crippen LogP contribution is 2.22. The zero-order valence-electron chi connectivity index (χ0n) is 10.4. The second-order valence-electron chi connectivity index (χ2n) is 4.00. The Hall–Kier alpha value is -1.37. The van der Waals surface area contributed by atoms with Crippen molar-refractivity contribution in [1.29, 1.82) is 0 Å². The minimum absolute atomic E-state index is 0.0413. The molecule has 20 heavy (non-hydrogen) atoms. The molecule has 0 spiro atoms. The van der Waals surface area contributed by atoms with E-state index in [4.69, 9.17) is 11.6 Å². The minimum Gasteiger partial charge on any atom is -0.352 e. The Morgan fingerprint density at radius 1 is 1.05 bits per heavy atom. The Labute approximate surface area is 116 Å². The molecule has 112 valence electrons. The number of carbonyl (C=O) groups excluding carboxylic acids is 1. The molecule has 2 nitrogen and oxygen atoms in total.